The molecule has 11 nitrogen and oxygen atoms in total. The molecule has 0 aromatic carbocycles. The lowest BCUT2D eigenvalue weighted by molar-refractivity contribution is -0.169. The van der Waals surface area contributed by atoms with Gasteiger partial charge >= 0.3 is 11.9 Å². The lowest BCUT2D eigenvalue weighted by Gasteiger charge is -2.26. The number of nitrogen functional groups attached to an aromatic ring is 2. The molecular weight excluding hydrogens is 436 g/mol. The molecule has 0 saturated heterocycles. The summed E-state index contributed by atoms with van der Waals surface area (Å²) in [6.45, 7) is 1.67. The number of carbonyl (C=O) groups is 2. The minimum atomic E-state index is -1.87. The highest BCUT2D eigenvalue weighted by atomic mass is 32.2. The van der Waals surface area contributed by atoms with Gasteiger partial charge in [-0.2, -0.15) is 0 Å². The van der Waals surface area contributed by atoms with Crippen LogP contribution in [0.5, 0.6) is 0 Å². The van der Waals surface area contributed by atoms with E-state index >= 15 is 0 Å². The smallest absolute Gasteiger partial charge is 0.375 e. The number of hydrogen-bond donors (Lipinski definition) is 3. The van der Waals surface area contributed by atoms with E-state index in [9.17, 15) is 14.7 Å². The summed E-state index contributed by atoms with van der Waals surface area (Å²) in [6, 6.07) is 0. The van der Waals surface area contributed by atoms with Gasteiger partial charge in [-0.1, -0.05) is 46.2 Å². The number of carbonyl (C=O) groups excluding carboxylic acids is 2. The number of ether oxygens (including phenoxy) is 2. The number of aromatic nitrogens is 4. The Kier molecular flexibility index (Phi) is 5.73. The zero-order valence-electron chi connectivity index (χ0n) is 13.6. The maximum absolute atomic E-state index is 12.7. The third kappa shape index (κ3) is 3.95. The van der Waals surface area contributed by atoms with Gasteiger partial charge in [0.25, 0.3) is 5.60 Å². The first-order chi connectivity index (χ1) is 12.9. The van der Waals surface area contributed by atoms with Gasteiger partial charge in [0, 0.05) is 0 Å². The van der Waals surface area contributed by atoms with Crippen molar-refractivity contribution in [3.63, 3.8) is 0 Å². The van der Waals surface area contributed by atoms with Gasteiger partial charge in [0.15, 0.2) is 8.68 Å². The van der Waals surface area contributed by atoms with E-state index in [0.29, 0.717) is 8.68 Å². The number of anilines is 2. The number of nitrogens with two attached hydrogens (primary N) is 2. The Morgan fingerprint density at radius 2 is 1.85 bits per heavy atom. The molecule has 3 heterocycles. The predicted octanol–water partition coefficient (Wildman–Crippen LogP) is 1.07. The fourth-order valence-electron chi connectivity index (χ4n) is 1.99. The number of nitrogens with zero attached hydrogens (tertiary/aromatic N) is 4. The summed E-state index contributed by atoms with van der Waals surface area (Å²) in [4.78, 5) is 24.7. The van der Waals surface area contributed by atoms with Crippen molar-refractivity contribution in [2.45, 2.75) is 21.2 Å². The number of rotatable bonds is 7. The van der Waals surface area contributed by atoms with Gasteiger partial charge in [-0.25, -0.2) is 9.59 Å². The molecule has 2 aromatic rings. The number of aliphatic hydroxyl groups is 1. The summed E-state index contributed by atoms with van der Waals surface area (Å²) in [5.74, 6) is -2.67. The molecule has 0 fully saturated rings. The molecule has 5 N–H and O–H groups in total. The van der Waals surface area contributed by atoms with Crippen LogP contribution >= 0.6 is 46.2 Å². The summed E-state index contributed by atoms with van der Waals surface area (Å²) in [5.41, 5.74) is 9.25. The Morgan fingerprint density at radius 1 is 1.22 bits per heavy atom. The van der Waals surface area contributed by atoms with Crippen molar-refractivity contribution in [3.8, 4) is 0 Å². The maximum Gasteiger partial charge on any atom is 0.375 e. The standard InChI is InChI=1S/C12H12N6O5S4/c1-2-22-7(21)12(3-24-10-17-15-8(13)26-10)5(4(19)6(20)23-12)25-11-18-16-9(14)27-11/h19H,2-3H2,1H3,(H2,13,15)(H2,14,16). The third-order valence-electron chi connectivity index (χ3n) is 3.08. The Balaban J connectivity index is 1.95. The van der Waals surface area contributed by atoms with E-state index in [1.54, 1.807) is 6.92 Å². The second kappa shape index (κ2) is 7.87. The monoisotopic (exact) mass is 448 g/mol. The Labute approximate surface area is 168 Å². The first-order valence-electron chi connectivity index (χ1n) is 7.18. The zero-order chi connectivity index (χ0) is 19.6. The van der Waals surface area contributed by atoms with Crippen LogP contribution < -0.4 is 11.5 Å². The highest BCUT2D eigenvalue weighted by Gasteiger charge is 2.56. The first-order valence-corrected chi connectivity index (χ1v) is 10.6. The predicted molar refractivity (Wildman–Crippen MR) is 100 cm³/mol. The molecule has 3 rings (SSSR count). The minimum absolute atomic E-state index is 0.0490. The molecule has 144 valence electrons. The molecule has 1 aliphatic rings. The highest BCUT2D eigenvalue weighted by Crippen LogP contribution is 2.47. The SMILES string of the molecule is CCOC(=O)C1(CSc2nnc(N)s2)OC(=O)C(O)=C1Sc1nnc(N)s1. The fraction of sp³-hybridized carbons (Fsp3) is 0.333. The first kappa shape index (κ1) is 19.7. The van der Waals surface area contributed by atoms with Crippen LogP contribution in [0.15, 0.2) is 19.3 Å². The average molecular weight is 449 g/mol. The molecule has 27 heavy (non-hydrogen) atoms. The largest absolute Gasteiger partial charge is 0.501 e. The van der Waals surface area contributed by atoms with E-state index in [1.807, 2.05) is 0 Å². The van der Waals surface area contributed by atoms with E-state index in [2.05, 4.69) is 20.4 Å². The third-order valence-corrected chi connectivity index (χ3v) is 7.14. The van der Waals surface area contributed by atoms with Crippen LogP contribution in [0, 0.1) is 0 Å². The van der Waals surface area contributed by atoms with Crippen LogP contribution in [0.3, 0.4) is 0 Å². The Bertz CT molecular complexity index is 914. The van der Waals surface area contributed by atoms with Gasteiger partial charge in [0.2, 0.25) is 16.0 Å². The van der Waals surface area contributed by atoms with E-state index in [4.69, 9.17) is 20.9 Å². The molecule has 15 heteroatoms. The van der Waals surface area contributed by atoms with Crippen LogP contribution in [0.1, 0.15) is 6.92 Å². The maximum atomic E-state index is 12.7. The van der Waals surface area contributed by atoms with Crippen molar-refractivity contribution in [2.24, 2.45) is 0 Å². The summed E-state index contributed by atoms with van der Waals surface area (Å²) in [7, 11) is 0. The molecule has 2 aromatic heterocycles. The molecule has 0 radical (unpaired) electrons. The lowest BCUT2D eigenvalue weighted by atomic mass is 10.1. The molecule has 0 amide bonds. The summed E-state index contributed by atoms with van der Waals surface area (Å²) < 4.78 is 11.1. The van der Waals surface area contributed by atoms with Crippen molar-refractivity contribution in [1.29, 1.82) is 0 Å². The normalized spacial score (nSPS) is 19.4. The minimum Gasteiger partial charge on any atom is -0.501 e. The van der Waals surface area contributed by atoms with Gasteiger partial charge in [0.05, 0.1) is 17.3 Å². The van der Waals surface area contributed by atoms with Gasteiger partial charge < -0.3 is 26.0 Å². The van der Waals surface area contributed by atoms with Crippen molar-refractivity contribution >= 4 is 68.4 Å². The van der Waals surface area contributed by atoms with E-state index < -0.39 is 23.3 Å². The van der Waals surface area contributed by atoms with Gasteiger partial charge in [-0.05, 0) is 6.92 Å². The molecule has 1 unspecified atom stereocenters. The number of hydrogen-bond acceptors (Lipinski definition) is 15. The molecular formula is C12H12N6O5S4. The Hall–Kier alpha value is -2.10. The molecule has 0 aliphatic carbocycles. The van der Waals surface area contributed by atoms with Crippen molar-refractivity contribution < 1.29 is 24.2 Å². The highest BCUT2D eigenvalue weighted by molar-refractivity contribution is 8.05. The lowest BCUT2D eigenvalue weighted by Crippen LogP contribution is -2.44. The summed E-state index contributed by atoms with van der Waals surface area (Å²) in [6.07, 6.45) is 0. The fourth-order valence-corrected chi connectivity index (χ4v) is 5.66. The number of esters is 2. The van der Waals surface area contributed by atoms with E-state index in [1.165, 1.54) is 0 Å². The quantitative estimate of drug-likeness (QED) is 0.405. The van der Waals surface area contributed by atoms with Gasteiger partial charge in [-0.3, -0.25) is 0 Å². The van der Waals surface area contributed by atoms with Crippen LogP contribution in [0.25, 0.3) is 0 Å². The van der Waals surface area contributed by atoms with Crippen LogP contribution in [-0.2, 0) is 19.1 Å². The van der Waals surface area contributed by atoms with Gasteiger partial charge in [0.1, 0.15) is 0 Å². The molecule has 1 atom stereocenters. The Morgan fingerprint density at radius 3 is 2.41 bits per heavy atom. The van der Waals surface area contributed by atoms with Crippen molar-refractivity contribution in [3.05, 3.63) is 10.7 Å². The number of cyclic esters (lactones) is 1. The van der Waals surface area contributed by atoms with Crippen molar-refractivity contribution in [1.82, 2.24) is 20.4 Å². The van der Waals surface area contributed by atoms with Gasteiger partial charge in [-0.15, -0.1) is 20.4 Å². The topological polar surface area (TPSA) is 176 Å². The summed E-state index contributed by atoms with van der Waals surface area (Å²) in [5, 5.41) is 25.7. The van der Waals surface area contributed by atoms with Crippen LogP contribution in [0.2, 0.25) is 0 Å². The molecule has 0 spiro atoms. The molecule has 0 bridgehead atoms. The van der Waals surface area contributed by atoms with Crippen LogP contribution in [-0.4, -0.2) is 55.4 Å². The van der Waals surface area contributed by atoms with Crippen LogP contribution in [0.4, 0.5) is 10.3 Å². The van der Waals surface area contributed by atoms with E-state index in [-0.39, 0.29) is 27.5 Å². The second-order valence-electron chi connectivity index (χ2n) is 4.82. The molecule has 0 saturated carbocycles. The average Bonchev–Trinajstić information content (AvgIpc) is 3.29. The van der Waals surface area contributed by atoms with Crippen molar-refractivity contribution in [2.75, 3.05) is 23.8 Å². The van der Waals surface area contributed by atoms with E-state index in [0.717, 1.165) is 46.2 Å². The zero-order valence-corrected chi connectivity index (χ0v) is 16.8. The number of thioether (sulfide) groups is 2. The second-order valence-corrected chi connectivity index (χ2v) is 9.32. The summed E-state index contributed by atoms with van der Waals surface area (Å²) >= 11 is 4.09. The molecule has 1 aliphatic heterocycles. The number of aliphatic hydroxyl groups excluding tert-OH is 1.